The van der Waals surface area contributed by atoms with E-state index in [1.165, 1.54) is 38.5 Å². The number of fused-ring (bicyclic) bond motifs is 2. The summed E-state index contributed by atoms with van der Waals surface area (Å²) in [5, 5.41) is 37.1. The van der Waals surface area contributed by atoms with Crippen molar-refractivity contribution in [3.8, 4) is 63.1 Å². The van der Waals surface area contributed by atoms with Crippen LogP contribution in [0.4, 0.5) is 11.4 Å². The molecular weight excluding hydrogens is 768 g/mol. The van der Waals surface area contributed by atoms with Gasteiger partial charge in [0.05, 0.1) is 27.9 Å². The number of carbonyl (C=O) groups excluding carboxylic acids is 2. The Kier molecular flexibility index (Phi) is 11.6. The van der Waals surface area contributed by atoms with Crippen molar-refractivity contribution in [1.82, 2.24) is 0 Å². The first kappa shape index (κ1) is 39.6. The molecule has 304 valence electrons. The van der Waals surface area contributed by atoms with Gasteiger partial charge in [0, 0.05) is 34.6 Å². The van der Waals surface area contributed by atoms with Crippen LogP contribution in [0.15, 0.2) is 106 Å². The summed E-state index contributed by atoms with van der Waals surface area (Å²) >= 11 is 0. The zero-order chi connectivity index (χ0) is 41.6. The van der Waals surface area contributed by atoms with E-state index in [0.717, 1.165) is 6.07 Å². The fourth-order valence-electron chi connectivity index (χ4n) is 6.25. The van der Waals surface area contributed by atoms with Crippen molar-refractivity contribution in [2.75, 3.05) is 51.8 Å². The number of nitrogens with one attached hydrogen (secondary N) is 2. The number of rotatable bonds is 14. The molecule has 0 aliphatic carbocycles. The lowest BCUT2D eigenvalue weighted by Gasteiger charge is -2.33. The van der Waals surface area contributed by atoms with Crippen LogP contribution in [0.25, 0.3) is 22.3 Å². The quantitative estimate of drug-likeness (QED) is 0.0880. The molecule has 59 heavy (non-hydrogen) atoms. The largest absolute Gasteiger partial charge is 0.507 e. The molecule has 6 aromatic rings. The predicted octanol–water partition coefficient (Wildman–Crippen LogP) is 5.81. The number of aliphatic hydroxyl groups is 1. The zero-order valence-electron chi connectivity index (χ0n) is 31.8. The topological polar surface area (TPSA) is 214 Å². The lowest BCUT2D eigenvalue weighted by molar-refractivity contribution is -0.118. The summed E-state index contributed by atoms with van der Waals surface area (Å²) in [5.74, 6) is -0.146. The fourth-order valence-corrected chi connectivity index (χ4v) is 6.25. The van der Waals surface area contributed by atoms with Crippen LogP contribution in [0.1, 0.15) is 11.7 Å². The number of hydrogen-bond donors (Lipinski definition) is 5. The Morgan fingerprint density at radius 2 is 1.32 bits per heavy atom. The van der Waals surface area contributed by atoms with Crippen LogP contribution in [0.5, 0.6) is 51.7 Å². The average Bonchev–Trinajstić information content (AvgIpc) is 3.25. The Balaban J connectivity index is 1.08. The summed E-state index contributed by atoms with van der Waals surface area (Å²) in [4.78, 5) is 38.5. The molecule has 1 aromatic heterocycles. The number of phenolic OH excluding ortho intramolecular Hbond substituents is 1. The number of methoxy groups -OCH3 is 3. The van der Waals surface area contributed by atoms with E-state index >= 15 is 0 Å². The third kappa shape index (κ3) is 8.72. The lowest BCUT2D eigenvalue weighted by atomic mass is 10.0. The Morgan fingerprint density at radius 3 is 1.93 bits per heavy atom. The van der Waals surface area contributed by atoms with E-state index in [-0.39, 0.29) is 57.6 Å². The van der Waals surface area contributed by atoms with Crippen molar-refractivity contribution in [2.45, 2.75) is 12.2 Å². The van der Waals surface area contributed by atoms with Crippen molar-refractivity contribution in [3.05, 3.63) is 113 Å². The number of carbonyl (C=O) groups is 2. The smallest absolute Gasteiger partial charge is 0.262 e. The van der Waals surface area contributed by atoms with Crippen LogP contribution >= 0.6 is 0 Å². The van der Waals surface area contributed by atoms with Crippen molar-refractivity contribution in [3.63, 3.8) is 0 Å². The maximum atomic E-state index is 13.3. The molecule has 7 rings (SSSR count). The molecule has 2 atom stereocenters. The maximum absolute atomic E-state index is 13.3. The Morgan fingerprint density at radius 1 is 0.678 bits per heavy atom. The number of ether oxygens (including phenoxy) is 7. The molecule has 0 spiro atoms. The summed E-state index contributed by atoms with van der Waals surface area (Å²) < 4.78 is 45.6. The number of benzene rings is 5. The molecule has 0 radical (unpaired) electrons. The van der Waals surface area contributed by atoms with Crippen molar-refractivity contribution < 1.29 is 62.5 Å². The third-order valence-corrected chi connectivity index (χ3v) is 9.17. The summed E-state index contributed by atoms with van der Waals surface area (Å²) in [6, 6.07) is 25.4. The van der Waals surface area contributed by atoms with E-state index in [0.29, 0.717) is 28.4 Å². The normalized spacial score (nSPS) is 14.2. The number of aromatic hydroxyl groups is 2. The first-order valence-corrected chi connectivity index (χ1v) is 18.0. The van der Waals surface area contributed by atoms with Crippen LogP contribution in [0.3, 0.4) is 0 Å². The first-order chi connectivity index (χ1) is 28.6. The molecule has 2 amide bonds. The van der Waals surface area contributed by atoms with Crippen LogP contribution in [0.2, 0.25) is 0 Å². The standard InChI is InChI=1S/C43H38N2O14/c1-52-27-10-6-25(7-11-27)44-37(48)21-55-29-18-30(47)39-35(19-29)59-43(41(51)40(39)50)24-5-15-32-34(17-24)58-42(36(20-46)57-32)23-4-14-31(33(16-23)54-3)56-22-38(49)45-26-8-12-28(53-2)13-9-26/h4-19,36,42,46-47,51H,20-22H2,1-3H3,(H,44,48)(H,45,49). The average molecular weight is 807 g/mol. The highest BCUT2D eigenvalue weighted by Gasteiger charge is 2.34. The minimum Gasteiger partial charge on any atom is -0.507 e. The number of anilines is 2. The van der Waals surface area contributed by atoms with Crippen LogP contribution in [0, 0.1) is 0 Å². The lowest BCUT2D eigenvalue weighted by Crippen LogP contribution is -2.36. The third-order valence-electron chi connectivity index (χ3n) is 9.17. The first-order valence-electron chi connectivity index (χ1n) is 18.0. The van der Waals surface area contributed by atoms with E-state index in [1.807, 2.05) is 0 Å². The highest BCUT2D eigenvalue weighted by Crippen LogP contribution is 2.44. The highest BCUT2D eigenvalue weighted by atomic mass is 16.6. The Bertz CT molecular complexity index is 2560. The van der Waals surface area contributed by atoms with Crippen molar-refractivity contribution in [2.24, 2.45) is 0 Å². The summed E-state index contributed by atoms with van der Waals surface area (Å²) in [7, 11) is 4.52. The summed E-state index contributed by atoms with van der Waals surface area (Å²) in [6.07, 6.45) is -1.73. The molecular formula is C43H38N2O14. The van der Waals surface area contributed by atoms with Gasteiger partial charge in [-0.3, -0.25) is 14.4 Å². The summed E-state index contributed by atoms with van der Waals surface area (Å²) in [6.45, 7) is -1.17. The Hall–Kier alpha value is -7.59. The van der Waals surface area contributed by atoms with E-state index in [2.05, 4.69) is 10.6 Å². The second-order valence-electron chi connectivity index (χ2n) is 13.0. The molecule has 16 nitrogen and oxygen atoms in total. The maximum Gasteiger partial charge on any atom is 0.262 e. The number of aliphatic hydroxyl groups excluding tert-OH is 1. The molecule has 5 aromatic carbocycles. The molecule has 0 fully saturated rings. The molecule has 5 N–H and O–H groups in total. The molecule has 0 bridgehead atoms. The zero-order valence-corrected chi connectivity index (χ0v) is 31.8. The molecule has 0 saturated heterocycles. The Labute approximate surface area is 336 Å². The minimum atomic E-state index is -0.914. The van der Waals surface area contributed by atoms with E-state index in [1.54, 1.807) is 73.8 Å². The van der Waals surface area contributed by atoms with Gasteiger partial charge in [0.2, 0.25) is 11.2 Å². The van der Waals surface area contributed by atoms with Gasteiger partial charge < -0.3 is 63.5 Å². The SMILES string of the molecule is COc1ccc(NC(=O)COc2cc(O)c3c(=O)c(O)c(-c4ccc5c(c4)OC(c4ccc(OCC(=O)Nc6ccc(OC)cc6)c(OC)c4)C(CO)O5)oc3c2)cc1. The van der Waals surface area contributed by atoms with Gasteiger partial charge in [0.15, 0.2) is 54.2 Å². The van der Waals surface area contributed by atoms with Gasteiger partial charge in [-0.15, -0.1) is 0 Å². The molecule has 1 aliphatic heterocycles. The van der Waals surface area contributed by atoms with Crippen LogP contribution in [-0.2, 0) is 9.59 Å². The van der Waals surface area contributed by atoms with Crippen LogP contribution < -0.4 is 49.2 Å². The van der Waals surface area contributed by atoms with Crippen molar-refractivity contribution in [1.29, 1.82) is 0 Å². The van der Waals surface area contributed by atoms with Crippen LogP contribution in [-0.4, -0.2) is 74.4 Å². The minimum absolute atomic E-state index is 0.0170. The van der Waals surface area contributed by atoms with Gasteiger partial charge in [-0.2, -0.15) is 0 Å². The predicted molar refractivity (Wildman–Crippen MR) is 213 cm³/mol. The monoisotopic (exact) mass is 806 g/mol. The molecule has 2 unspecified atom stereocenters. The van der Waals surface area contributed by atoms with Gasteiger partial charge in [0.1, 0.15) is 34.0 Å². The second kappa shape index (κ2) is 17.3. The van der Waals surface area contributed by atoms with Gasteiger partial charge in [-0.25, -0.2) is 0 Å². The van der Waals surface area contributed by atoms with E-state index < -0.39 is 54.2 Å². The molecule has 1 aliphatic rings. The number of amides is 2. The number of hydrogen-bond acceptors (Lipinski definition) is 14. The van der Waals surface area contributed by atoms with Gasteiger partial charge in [0.25, 0.3) is 11.8 Å². The second-order valence-corrected chi connectivity index (χ2v) is 13.0. The molecule has 2 heterocycles. The van der Waals surface area contributed by atoms with Gasteiger partial charge in [-0.1, -0.05) is 6.07 Å². The van der Waals surface area contributed by atoms with Crippen molar-refractivity contribution >= 4 is 34.2 Å². The van der Waals surface area contributed by atoms with E-state index in [9.17, 15) is 29.7 Å². The fraction of sp³-hybridized carbons (Fsp3) is 0.186. The molecule has 16 heteroatoms. The van der Waals surface area contributed by atoms with Gasteiger partial charge in [-0.05, 0) is 78.9 Å². The van der Waals surface area contributed by atoms with Gasteiger partial charge >= 0.3 is 0 Å². The molecule has 0 saturated carbocycles. The summed E-state index contributed by atoms with van der Waals surface area (Å²) in [5.41, 5.74) is 0.779. The number of phenols is 1. The highest BCUT2D eigenvalue weighted by molar-refractivity contribution is 5.93. The van der Waals surface area contributed by atoms with E-state index in [4.69, 9.17) is 37.6 Å².